The average molecular weight is 421 g/mol. The number of nitrogens with zero attached hydrogens (tertiary/aromatic N) is 3. The van der Waals surface area contributed by atoms with E-state index in [2.05, 4.69) is 15.5 Å². The SMILES string of the molecule is CCS(=O)(=O)N1CCC[C@@H](C(=O)Nc2ccc(Cc3noc(C(C)C)n3)cc2)C1. The average Bonchev–Trinajstić information content (AvgIpc) is 3.18. The first-order valence-corrected chi connectivity index (χ1v) is 11.6. The molecule has 1 fully saturated rings. The Morgan fingerprint density at radius 2 is 2.03 bits per heavy atom. The summed E-state index contributed by atoms with van der Waals surface area (Å²) < 4.78 is 30.8. The highest BCUT2D eigenvalue weighted by molar-refractivity contribution is 7.89. The number of benzene rings is 1. The summed E-state index contributed by atoms with van der Waals surface area (Å²) in [5, 5.41) is 6.89. The van der Waals surface area contributed by atoms with E-state index in [4.69, 9.17) is 4.52 Å². The number of hydrogen-bond donors (Lipinski definition) is 1. The van der Waals surface area contributed by atoms with Crippen LogP contribution in [0.15, 0.2) is 28.8 Å². The summed E-state index contributed by atoms with van der Waals surface area (Å²) in [6, 6.07) is 7.49. The maximum absolute atomic E-state index is 12.6. The van der Waals surface area contributed by atoms with E-state index >= 15 is 0 Å². The van der Waals surface area contributed by atoms with Gasteiger partial charge in [0.15, 0.2) is 5.82 Å². The van der Waals surface area contributed by atoms with Crippen LogP contribution >= 0.6 is 0 Å². The zero-order chi connectivity index (χ0) is 21.0. The lowest BCUT2D eigenvalue weighted by molar-refractivity contribution is -0.120. The predicted octanol–water partition coefficient (Wildman–Crippen LogP) is 2.78. The first-order chi connectivity index (χ1) is 13.8. The van der Waals surface area contributed by atoms with Gasteiger partial charge in [0.25, 0.3) is 0 Å². The molecule has 0 saturated carbocycles. The Kier molecular flexibility index (Phi) is 6.69. The van der Waals surface area contributed by atoms with E-state index in [1.807, 2.05) is 38.1 Å². The van der Waals surface area contributed by atoms with Gasteiger partial charge in [0.05, 0.1) is 11.7 Å². The normalized spacial score (nSPS) is 18.1. The van der Waals surface area contributed by atoms with Crippen LogP contribution in [0.4, 0.5) is 5.69 Å². The molecule has 0 bridgehead atoms. The van der Waals surface area contributed by atoms with Gasteiger partial charge in [-0.3, -0.25) is 4.79 Å². The Hall–Kier alpha value is -2.26. The van der Waals surface area contributed by atoms with E-state index in [0.29, 0.717) is 43.2 Å². The van der Waals surface area contributed by atoms with E-state index in [-0.39, 0.29) is 30.0 Å². The molecule has 1 N–H and O–H groups in total. The van der Waals surface area contributed by atoms with Crippen molar-refractivity contribution >= 4 is 21.6 Å². The molecule has 0 radical (unpaired) electrons. The fraction of sp³-hybridized carbons (Fsp3) is 0.550. The van der Waals surface area contributed by atoms with Crippen molar-refractivity contribution in [3.05, 3.63) is 41.5 Å². The first kappa shape index (κ1) is 21.4. The van der Waals surface area contributed by atoms with Crippen molar-refractivity contribution in [3.8, 4) is 0 Å². The third-order valence-corrected chi connectivity index (χ3v) is 6.92. The number of sulfonamides is 1. The molecule has 1 aromatic heterocycles. The molecule has 0 unspecified atom stereocenters. The van der Waals surface area contributed by atoms with Gasteiger partial charge in [0.2, 0.25) is 21.8 Å². The number of amides is 1. The van der Waals surface area contributed by atoms with E-state index < -0.39 is 10.0 Å². The minimum absolute atomic E-state index is 0.0574. The highest BCUT2D eigenvalue weighted by Gasteiger charge is 2.31. The van der Waals surface area contributed by atoms with Crippen LogP contribution < -0.4 is 5.32 Å². The van der Waals surface area contributed by atoms with Crippen molar-refractivity contribution in [3.63, 3.8) is 0 Å². The highest BCUT2D eigenvalue weighted by atomic mass is 32.2. The lowest BCUT2D eigenvalue weighted by Gasteiger charge is -2.30. The topological polar surface area (TPSA) is 105 Å². The summed E-state index contributed by atoms with van der Waals surface area (Å²) in [4.78, 5) is 17.0. The smallest absolute Gasteiger partial charge is 0.229 e. The Morgan fingerprint density at radius 1 is 1.31 bits per heavy atom. The minimum atomic E-state index is -3.27. The largest absolute Gasteiger partial charge is 0.339 e. The minimum Gasteiger partial charge on any atom is -0.339 e. The van der Waals surface area contributed by atoms with Gasteiger partial charge < -0.3 is 9.84 Å². The van der Waals surface area contributed by atoms with Crippen LogP contribution in [-0.4, -0.2) is 47.6 Å². The van der Waals surface area contributed by atoms with Gasteiger partial charge in [-0.2, -0.15) is 4.98 Å². The molecule has 2 aromatic rings. The number of anilines is 1. The van der Waals surface area contributed by atoms with Crippen molar-refractivity contribution < 1.29 is 17.7 Å². The Labute approximate surface area is 171 Å². The van der Waals surface area contributed by atoms with Gasteiger partial charge in [-0.1, -0.05) is 31.1 Å². The number of carbonyl (C=O) groups is 1. The molecule has 29 heavy (non-hydrogen) atoms. The second-order valence-electron chi connectivity index (χ2n) is 7.66. The molecule has 1 atom stereocenters. The van der Waals surface area contributed by atoms with E-state index in [1.54, 1.807) is 6.92 Å². The highest BCUT2D eigenvalue weighted by Crippen LogP contribution is 2.22. The lowest BCUT2D eigenvalue weighted by Crippen LogP contribution is -2.44. The number of hydrogen-bond acceptors (Lipinski definition) is 6. The molecule has 1 aliphatic rings. The number of piperidine rings is 1. The molecular formula is C20H28N4O4S. The van der Waals surface area contributed by atoms with Gasteiger partial charge in [0, 0.05) is 31.1 Å². The van der Waals surface area contributed by atoms with Crippen LogP contribution in [-0.2, 0) is 21.2 Å². The molecule has 1 aliphatic heterocycles. The van der Waals surface area contributed by atoms with Gasteiger partial charge in [0.1, 0.15) is 0 Å². The fourth-order valence-corrected chi connectivity index (χ4v) is 4.48. The van der Waals surface area contributed by atoms with Crippen LogP contribution in [0.25, 0.3) is 0 Å². The molecule has 8 nitrogen and oxygen atoms in total. The van der Waals surface area contributed by atoms with Crippen molar-refractivity contribution in [1.82, 2.24) is 14.4 Å². The Bertz CT molecular complexity index is 938. The first-order valence-electron chi connectivity index (χ1n) is 9.98. The second kappa shape index (κ2) is 9.04. The third-order valence-electron chi connectivity index (χ3n) is 5.07. The monoisotopic (exact) mass is 420 g/mol. The molecule has 1 amide bonds. The molecule has 1 aromatic carbocycles. The molecular weight excluding hydrogens is 392 g/mol. The maximum Gasteiger partial charge on any atom is 0.229 e. The van der Waals surface area contributed by atoms with Crippen molar-refractivity contribution in [2.75, 3.05) is 24.2 Å². The van der Waals surface area contributed by atoms with Crippen molar-refractivity contribution in [2.24, 2.45) is 5.92 Å². The number of rotatable bonds is 7. The quantitative estimate of drug-likeness (QED) is 0.738. The van der Waals surface area contributed by atoms with Crippen LogP contribution in [0.1, 0.15) is 56.8 Å². The zero-order valence-corrected chi connectivity index (χ0v) is 17.9. The summed E-state index contributed by atoms with van der Waals surface area (Å²) in [5.41, 5.74) is 1.70. The van der Waals surface area contributed by atoms with Gasteiger partial charge in [-0.05, 0) is 37.5 Å². The van der Waals surface area contributed by atoms with Crippen molar-refractivity contribution in [1.29, 1.82) is 0 Å². The number of aromatic nitrogens is 2. The molecule has 9 heteroatoms. The van der Waals surface area contributed by atoms with Crippen LogP contribution in [0, 0.1) is 5.92 Å². The van der Waals surface area contributed by atoms with Crippen LogP contribution in [0.3, 0.4) is 0 Å². The standard InChI is InChI=1S/C20H28N4O4S/c1-4-29(26,27)24-11-5-6-16(13-24)19(25)21-17-9-7-15(8-10-17)12-18-22-20(14(2)3)28-23-18/h7-10,14,16H,4-6,11-13H2,1-3H3,(H,21,25)/t16-/m1/s1. The van der Waals surface area contributed by atoms with Gasteiger partial charge in [-0.25, -0.2) is 12.7 Å². The molecule has 0 spiro atoms. The molecule has 0 aliphatic carbocycles. The molecule has 3 rings (SSSR count). The summed E-state index contributed by atoms with van der Waals surface area (Å²) in [5.74, 6) is 1.02. The predicted molar refractivity (Wildman–Crippen MR) is 110 cm³/mol. The molecule has 2 heterocycles. The summed E-state index contributed by atoms with van der Waals surface area (Å²) in [6.07, 6.45) is 1.94. The molecule has 158 valence electrons. The maximum atomic E-state index is 12.6. The summed E-state index contributed by atoms with van der Waals surface area (Å²) in [7, 11) is -3.27. The van der Waals surface area contributed by atoms with Gasteiger partial charge in [-0.15, -0.1) is 0 Å². The Morgan fingerprint density at radius 3 is 2.66 bits per heavy atom. The number of nitrogens with one attached hydrogen (secondary N) is 1. The lowest BCUT2D eigenvalue weighted by atomic mass is 9.98. The zero-order valence-electron chi connectivity index (χ0n) is 17.1. The molecule has 1 saturated heterocycles. The third kappa shape index (κ3) is 5.42. The van der Waals surface area contributed by atoms with Crippen LogP contribution in [0.2, 0.25) is 0 Å². The van der Waals surface area contributed by atoms with E-state index in [1.165, 1.54) is 4.31 Å². The van der Waals surface area contributed by atoms with Crippen LogP contribution in [0.5, 0.6) is 0 Å². The number of carbonyl (C=O) groups excluding carboxylic acids is 1. The van der Waals surface area contributed by atoms with Crippen molar-refractivity contribution in [2.45, 2.75) is 46.0 Å². The fourth-order valence-electron chi connectivity index (χ4n) is 3.30. The second-order valence-corrected chi connectivity index (χ2v) is 9.92. The van der Waals surface area contributed by atoms with E-state index in [0.717, 1.165) is 5.56 Å². The Balaban J connectivity index is 1.58. The van der Waals surface area contributed by atoms with Gasteiger partial charge >= 0.3 is 0 Å². The van der Waals surface area contributed by atoms with E-state index in [9.17, 15) is 13.2 Å². The summed E-state index contributed by atoms with van der Waals surface area (Å²) in [6.45, 7) is 6.36. The summed E-state index contributed by atoms with van der Waals surface area (Å²) >= 11 is 0.